The summed E-state index contributed by atoms with van der Waals surface area (Å²) in [5.74, 6) is 0.493. The minimum Gasteiger partial charge on any atom is -0.376 e. The maximum Gasteiger partial charge on any atom is 0.0937 e. The Labute approximate surface area is 222 Å². The highest BCUT2D eigenvalue weighted by Gasteiger charge is 2.24. The maximum atomic E-state index is 4.65. The van der Waals surface area contributed by atoms with Gasteiger partial charge in [0.1, 0.15) is 0 Å². The average molecular weight is 493 g/mol. The Morgan fingerprint density at radius 3 is 2.65 bits per heavy atom. The molecule has 192 valence electrons. The van der Waals surface area contributed by atoms with Crippen molar-refractivity contribution in [3.8, 4) is 0 Å². The fourth-order valence-corrected chi connectivity index (χ4v) is 5.60. The zero-order chi connectivity index (χ0) is 25.6. The number of piperidine rings is 1. The molecular weight excluding hydrogens is 452 g/mol. The smallest absolute Gasteiger partial charge is 0.0937 e. The quantitative estimate of drug-likeness (QED) is 0.345. The van der Waals surface area contributed by atoms with Crippen molar-refractivity contribution in [2.75, 3.05) is 25.0 Å². The van der Waals surface area contributed by atoms with E-state index in [0.29, 0.717) is 5.92 Å². The van der Waals surface area contributed by atoms with E-state index in [0.717, 1.165) is 68.8 Å². The lowest BCUT2D eigenvalue weighted by molar-refractivity contribution is 0.193. The number of aryl methyl sites for hydroxylation is 3. The number of nitrogens with zero attached hydrogens (tertiary/aromatic N) is 2. The van der Waals surface area contributed by atoms with Crippen LogP contribution in [0.3, 0.4) is 0 Å². The van der Waals surface area contributed by atoms with Crippen molar-refractivity contribution in [3.05, 3.63) is 119 Å². The molecule has 0 radical (unpaired) electrons. The third kappa shape index (κ3) is 6.50. The van der Waals surface area contributed by atoms with E-state index < -0.39 is 0 Å². The highest BCUT2D eigenvalue weighted by molar-refractivity contribution is 5.59. The van der Waals surface area contributed by atoms with Crippen molar-refractivity contribution in [3.63, 3.8) is 0 Å². The molecule has 5 rings (SSSR count). The number of rotatable bonds is 9. The van der Waals surface area contributed by atoms with Gasteiger partial charge in [0.15, 0.2) is 0 Å². The van der Waals surface area contributed by atoms with Crippen LogP contribution in [0.5, 0.6) is 0 Å². The normalized spacial score (nSPS) is 17.1. The summed E-state index contributed by atoms with van der Waals surface area (Å²) in [4.78, 5) is 7.28. The van der Waals surface area contributed by atoms with Gasteiger partial charge in [-0.3, -0.25) is 4.98 Å². The number of hydrogen-bond acceptors (Lipinski definition) is 4. The summed E-state index contributed by atoms with van der Waals surface area (Å²) in [5, 5.41) is 7.23. The summed E-state index contributed by atoms with van der Waals surface area (Å²) >= 11 is 0. The molecule has 2 N–H and O–H groups in total. The predicted octanol–water partition coefficient (Wildman–Crippen LogP) is 6.80. The molecule has 1 fully saturated rings. The van der Waals surface area contributed by atoms with Gasteiger partial charge in [0.05, 0.1) is 11.7 Å². The van der Waals surface area contributed by atoms with Crippen LogP contribution in [0.25, 0.3) is 0 Å². The van der Waals surface area contributed by atoms with Gasteiger partial charge in [-0.2, -0.15) is 0 Å². The van der Waals surface area contributed by atoms with E-state index in [9.17, 15) is 0 Å². The molecule has 2 aliphatic rings. The highest BCUT2D eigenvalue weighted by atomic mass is 15.1. The largest absolute Gasteiger partial charge is 0.376 e. The summed E-state index contributed by atoms with van der Waals surface area (Å²) in [6.45, 7) is 14.1. The maximum absolute atomic E-state index is 4.65. The molecule has 3 heterocycles. The number of nitrogens with one attached hydrogen (secondary N) is 2. The van der Waals surface area contributed by atoms with Gasteiger partial charge in [0, 0.05) is 29.2 Å². The van der Waals surface area contributed by atoms with Gasteiger partial charge in [0.25, 0.3) is 0 Å². The topological polar surface area (TPSA) is 40.2 Å². The summed E-state index contributed by atoms with van der Waals surface area (Å²) in [5.41, 5.74) is 9.90. The van der Waals surface area contributed by atoms with Gasteiger partial charge < -0.3 is 15.5 Å². The molecule has 37 heavy (non-hydrogen) atoms. The van der Waals surface area contributed by atoms with Crippen molar-refractivity contribution in [2.24, 2.45) is 5.92 Å². The summed E-state index contributed by atoms with van der Waals surface area (Å²) in [7, 11) is 0. The highest BCUT2D eigenvalue weighted by Crippen LogP contribution is 2.29. The Morgan fingerprint density at radius 2 is 1.89 bits per heavy atom. The number of hydrogen-bond donors (Lipinski definition) is 2. The van der Waals surface area contributed by atoms with Crippen LogP contribution in [0, 0.1) is 12.8 Å². The standard InChI is InChI=1S/C33H40N4/c1-24-9-13-30(14-10-24)33(31-8-4-5-19-34-31)36-26(3)28-17-21-37(22-18-28)20-6-7-27-12-16-29-15-11-25(2)35-32(29)23-27/h4-5,8-10,12-14,16,19,23,28,33,35-36H,2-3,6-7,11,15,17-18,20-22H2,1H3. The van der Waals surface area contributed by atoms with Crippen LogP contribution in [0.1, 0.15) is 59.7 Å². The SMILES string of the molecule is C=C1CCc2ccc(CCCN3CCC(C(=C)NC(c4ccc(C)cc4)c4ccccn4)CC3)cc2N1. The van der Waals surface area contributed by atoms with Crippen LogP contribution in [0.4, 0.5) is 5.69 Å². The predicted molar refractivity (Wildman–Crippen MR) is 155 cm³/mol. The third-order valence-corrected chi connectivity index (χ3v) is 7.93. The Balaban J connectivity index is 1.11. The first kappa shape index (κ1) is 25.3. The minimum absolute atomic E-state index is 0.0237. The molecular formula is C33H40N4. The number of aromatic nitrogens is 1. The number of anilines is 1. The van der Waals surface area contributed by atoms with Crippen molar-refractivity contribution < 1.29 is 0 Å². The van der Waals surface area contributed by atoms with Crippen LogP contribution in [0.2, 0.25) is 0 Å². The molecule has 0 aliphatic carbocycles. The molecule has 1 atom stereocenters. The summed E-state index contributed by atoms with van der Waals surface area (Å²) in [6, 6.07) is 21.8. The average Bonchev–Trinajstić information content (AvgIpc) is 2.93. The van der Waals surface area contributed by atoms with Gasteiger partial charge in [-0.15, -0.1) is 0 Å². The third-order valence-electron chi connectivity index (χ3n) is 7.93. The van der Waals surface area contributed by atoms with Gasteiger partial charge in [-0.05, 0) is 100.0 Å². The number of likely N-dealkylation sites (tertiary alicyclic amines) is 1. The first-order valence-corrected chi connectivity index (χ1v) is 13.8. The van der Waals surface area contributed by atoms with Gasteiger partial charge >= 0.3 is 0 Å². The molecule has 1 aromatic heterocycles. The molecule has 2 aliphatic heterocycles. The van der Waals surface area contributed by atoms with Crippen molar-refractivity contribution >= 4 is 5.69 Å². The Bertz CT molecular complexity index is 1210. The van der Waals surface area contributed by atoms with E-state index in [2.05, 4.69) is 95.2 Å². The monoisotopic (exact) mass is 492 g/mol. The van der Waals surface area contributed by atoms with E-state index in [1.807, 2.05) is 12.3 Å². The molecule has 1 unspecified atom stereocenters. The lowest BCUT2D eigenvalue weighted by atomic mass is 9.92. The second-order valence-electron chi connectivity index (χ2n) is 10.7. The first-order valence-electron chi connectivity index (χ1n) is 13.8. The molecule has 0 saturated carbocycles. The van der Waals surface area contributed by atoms with Crippen LogP contribution < -0.4 is 10.6 Å². The van der Waals surface area contributed by atoms with Crippen LogP contribution in [-0.2, 0) is 12.8 Å². The molecule has 0 spiro atoms. The van der Waals surface area contributed by atoms with Gasteiger partial charge in [-0.1, -0.05) is 61.2 Å². The second kappa shape index (κ2) is 11.8. The van der Waals surface area contributed by atoms with Gasteiger partial charge in [-0.25, -0.2) is 0 Å². The van der Waals surface area contributed by atoms with E-state index in [1.165, 1.54) is 34.4 Å². The Kier molecular flexibility index (Phi) is 8.05. The van der Waals surface area contributed by atoms with Crippen LogP contribution >= 0.6 is 0 Å². The Morgan fingerprint density at radius 1 is 1.08 bits per heavy atom. The molecule has 4 heteroatoms. The van der Waals surface area contributed by atoms with E-state index in [4.69, 9.17) is 0 Å². The van der Waals surface area contributed by atoms with Crippen LogP contribution in [0.15, 0.2) is 91.4 Å². The van der Waals surface area contributed by atoms with Gasteiger partial charge in [0.2, 0.25) is 0 Å². The summed E-state index contributed by atoms with van der Waals surface area (Å²) in [6.07, 6.45) is 8.64. The fourth-order valence-electron chi connectivity index (χ4n) is 5.60. The lowest BCUT2D eigenvalue weighted by Gasteiger charge is -2.34. The minimum atomic E-state index is 0.0237. The Hall–Kier alpha value is -3.37. The fraction of sp³-hybridized carbons (Fsp3) is 0.364. The van der Waals surface area contributed by atoms with E-state index >= 15 is 0 Å². The lowest BCUT2D eigenvalue weighted by Crippen LogP contribution is -2.37. The zero-order valence-electron chi connectivity index (χ0n) is 22.2. The van der Waals surface area contributed by atoms with Crippen molar-refractivity contribution in [1.29, 1.82) is 0 Å². The number of fused-ring (bicyclic) bond motifs is 1. The first-order chi connectivity index (χ1) is 18.0. The van der Waals surface area contributed by atoms with Crippen molar-refractivity contribution in [2.45, 2.75) is 51.5 Å². The molecule has 0 bridgehead atoms. The van der Waals surface area contributed by atoms with Crippen molar-refractivity contribution in [1.82, 2.24) is 15.2 Å². The molecule has 2 aromatic carbocycles. The number of pyridine rings is 1. The van der Waals surface area contributed by atoms with E-state index in [-0.39, 0.29) is 6.04 Å². The summed E-state index contributed by atoms with van der Waals surface area (Å²) < 4.78 is 0. The molecule has 3 aromatic rings. The number of benzene rings is 2. The zero-order valence-corrected chi connectivity index (χ0v) is 22.2. The molecule has 1 saturated heterocycles. The number of allylic oxidation sites excluding steroid dienone is 2. The van der Waals surface area contributed by atoms with Crippen LogP contribution in [-0.4, -0.2) is 29.5 Å². The second-order valence-corrected chi connectivity index (χ2v) is 10.7. The molecule has 0 amide bonds. The molecule has 4 nitrogen and oxygen atoms in total. The van der Waals surface area contributed by atoms with E-state index in [1.54, 1.807) is 0 Å².